The minimum absolute atomic E-state index is 0.0140. The Bertz CT molecular complexity index is 1700. The van der Waals surface area contributed by atoms with Gasteiger partial charge in [0.2, 0.25) is 17.6 Å². The molecule has 200 valence electrons. The molecule has 3 heterocycles. The predicted octanol–water partition coefficient (Wildman–Crippen LogP) is 6.47. The molecule has 1 aliphatic heterocycles. The number of thiophene rings is 1. The Hall–Kier alpha value is -3.95. The Morgan fingerprint density at radius 3 is 2.60 bits per heavy atom. The largest absolute Gasteiger partial charge is 0.454 e. The number of carbonyl (C=O) groups excluding carboxylic acids is 4. The van der Waals surface area contributed by atoms with Crippen LogP contribution in [0.25, 0.3) is 22.2 Å². The minimum atomic E-state index is -0.633. The average molecular weight is 616 g/mol. The Balaban J connectivity index is 1.30. The summed E-state index contributed by atoms with van der Waals surface area (Å²) in [5, 5.41) is 2.38. The Kier molecular flexibility index (Phi) is 6.93. The number of carbonyl (C=O) groups is 4. The molecule has 0 radical (unpaired) electrons. The van der Waals surface area contributed by atoms with Crippen molar-refractivity contribution in [2.45, 2.75) is 13.3 Å². The second-order valence-electron chi connectivity index (χ2n) is 9.91. The maximum Gasteiger partial charge on any atom is 0.339 e. The van der Waals surface area contributed by atoms with E-state index in [1.807, 2.05) is 25.1 Å². The summed E-state index contributed by atoms with van der Waals surface area (Å²) in [7, 11) is 0. The fourth-order valence-electron chi connectivity index (χ4n) is 5.42. The molecule has 0 unspecified atom stereocenters. The number of esters is 1. The van der Waals surface area contributed by atoms with E-state index in [0.29, 0.717) is 39.1 Å². The molecule has 2 amide bonds. The zero-order valence-corrected chi connectivity index (χ0v) is 23.8. The van der Waals surface area contributed by atoms with E-state index in [1.165, 1.54) is 16.2 Å². The number of ketones is 1. The van der Waals surface area contributed by atoms with Crippen molar-refractivity contribution in [3.8, 4) is 11.3 Å². The number of pyridine rings is 1. The molecule has 2 aromatic carbocycles. The normalized spacial score (nSPS) is 20.1. The lowest BCUT2D eigenvalue weighted by Crippen LogP contribution is -2.31. The summed E-state index contributed by atoms with van der Waals surface area (Å²) in [6, 6.07) is 17.5. The monoisotopic (exact) mass is 614 g/mol. The molecule has 2 aliphatic rings. The molecule has 0 N–H and O–H groups in total. The van der Waals surface area contributed by atoms with Crippen molar-refractivity contribution >= 4 is 67.4 Å². The number of benzene rings is 2. The molecular weight excluding hydrogens is 592 g/mol. The van der Waals surface area contributed by atoms with E-state index in [9.17, 15) is 19.2 Å². The number of hydrogen-bond acceptors (Lipinski definition) is 7. The summed E-state index contributed by atoms with van der Waals surface area (Å²) in [4.78, 5) is 58.4. The summed E-state index contributed by atoms with van der Waals surface area (Å²) >= 11 is 4.74. The number of allylic oxidation sites excluding steroid dienone is 2. The number of anilines is 1. The first kappa shape index (κ1) is 26.3. The lowest BCUT2D eigenvalue weighted by atomic mass is 9.78. The molecule has 6 rings (SSSR count). The summed E-state index contributed by atoms with van der Waals surface area (Å²) < 4.78 is 6.18. The van der Waals surface area contributed by atoms with Crippen LogP contribution in [0.5, 0.6) is 0 Å². The average Bonchev–Trinajstić information content (AvgIpc) is 3.59. The second-order valence-corrected chi connectivity index (χ2v) is 11.8. The molecule has 1 fully saturated rings. The lowest BCUT2D eigenvalue weighted by Gasteiger charge is -2.22. The zero-order chi connectivity index (χ0) is 28.0. The van der Waals surface area contributed by atoms with Crippen molar-refractivity contribution < 1.29 is 23.9 Å². The molecule has 9 heteroatoms. The molecule has 0 saturated carbocycles. The van der Waals surface area contributed by atoms with E-state index >= 15 is 0 Å². The predicted molar refractivity (Wildman–Crippen MR) is 156 cm³/mol. The quantitative estimate of drug-likeness (QED) is 0.107. The Labute approximate surface area is 242 Å². The lowest BCUT2D eigenvalue weighted by molar-refractivity contribution is -0.122. The highest BCUT2D eigenvalue weighted by Gasteiger charge is 2.50. The van der Waals surface area contributed by atoms with Crippen LogP contribution in [0.2, 0.25) is 0 Å². The fraction of sp³-hybridized carbons (Fsp3) is 0.194. The molecule has 4 aromatic rings. The Morgan fingerprint density at radius 1 is 1.07 bits per heavy atom. The summed E-state index contributed by atoms with van der Waals surface area (Å²) in [5.41, 5.74) is 2.58. The van der Waals surface area contributed by atoms with Crippen LogP contribution in [-0.4, -0.2) is 35.2 Å². The molecule has 40 heavy (non-hydrogen) atoms. The molecule has 1 aliphatic carbocycles. The number of nitrogens with zero attached hydrogens (tertiary/aromatic N) is 2. The second kappa shape index (κ2) is 10.6. The van der Waals surface area contributed by atoms with E-state index in [2.05, 4.69) is 15.9 Å². The fourth-order valence-corrected chi connectivity index (χ4v) is 6.43. The van der Waals surface area contributed by atoms with Gasteiger partial charge in [-0.25, -0.2) is 9.78 Å². The Morgan fingerprint density at radius 2 is 1.88 bits per heavy atom. The van der Waals surface area contributed by atoms with Crippen molar-refractivity contribution in [2.24, 2.45) is 17.8 Å². The topological polar surface area (TPSA) is 93.6 Å². The van der Waals surface area contributed by atoms with Gasteiger partial charge in [-0.05, 0) is 60.2 Å². The van der Waals surface area contributed by atoms with E-state index in [0.717, 1.165) is 4.47 Å². The molecule has 2 aromatic heterocycles. The van der Waals surface area contributed by atoms with Gasteiger partial charge in [-0.15, -0.1) is 11.3 Å². The van der Waals surface area contributed by atoms with Gasteiger partial charge in [0.15, 0.2) is 6.61 Å². The number of fused-ring (bicyclic) bond motifs is 2. The van der Waals surface area contributed by atoms with E-state index in [-0.39, 0.29) is 47.5 Å². The zero-order valence-electron chi connectivity index (χ0n) is 21.4. The minimum Gasteiger partial charge on any atom is -0.454 e. The smallest absolute Gasteiger partial charge is 0.339 e. The maximum atomic E-state index is 13.2. The van der Waals surface area contributed by atoms with Gasteiger partial charge in [-0.3, -0.25) is 19.3 Å². The standard InChI is InChI=1S/C31H23BrN2O5S/c1-17-4-2-5-21-28(17)30(37)34(29(21)36)20-10-7-18(8-11-20)25-15-23(22-14-19(32)9-12-24(22)33-25)31(38)39-16-26(35)27-6-3-13-40-27/h2-4,6-15,17,21,28H,5,16H2,1H3/t17-,21+,28-/m1/s1. The van der Waals surface area contributed by atoms with Gasteiger partial charge in [0.1, 0.15) is 0 Å². The third kappa shape index (κ3) is 4.69. The number of imide groups is 1. The van der Waals surface area contributed by atoms with Crippen LogP contribution in [0.15, 0.2) is 82.7 Å². The number of Topliss-reactive ketones (excluding diaryl/α,β-unsaturated/α-hetero) is 1. The number of aromatic nitrogens is 1. The van der Waals surface area contributed by atoms with Gasteiger partial charge in [-0.1, -0.05) is 53.2 Å². The van der Waals surface area contributed by atoms with Gasteiger partial charge in [0, 0.05) is 15.4 Å². The van der Waals surface area contributed by atoms with Crippen LogP contribution in [0.1, 0.15) is 33.4 Å². The van der Waals surface area contributed by atoms with Gasteiger partial charge in [0.05, 0.1) is 39.2 Å². The first-order valence-electron chi connectivity index (χ1n) is 12.8. The molecule has 0 bridgehead atoms. The van der Waals surface area contributed by atoms with Gasteiger partial charge < -0.3 is 4.74 Å². The van der Waals surface area contributed by atoms with Crippen molar-refractivity contribution in [2.75, 3.05) is 11.5 Å². The molecule has 7 nitrogen and oxygen atoms in total. The molecule has 3 atom stereocenters. The van der Waals surface area contributed by atoms with Crippen LogP contribution in [0.4, 0.5) is 5.69 Å². The van der Waals surface area contributed by atoms with Crippen LogP contribution in [0, 0.1) is 17.8 Å². The molecular formula is C31H23BrN2O5S. The maximum absolute atomic E-state index is 13.2. The first-order valence-corrected chi connectivity index (χ1v) is 14.5. The van der Waals surface area contributed by atoms with Crippen molar-refractivity contribution in [1.29, 1.82) is 0 Å². The van der Waals surface area contributed by atoms with Crippen LogP contribution >= 0.6 is 27.3 Å². The van der Waals surface area contributed by atoms with Crippen molar-refractivity contribution in [1.82, 2.24) is 4.98 Å². The van der Waals surface area contributed by atoms with Crippen LogP contribution < -0.4 is 4.90 Å². The molecule has 0 spiro atoms. The SMILES string of the molecule is C[C@@H]1C=CC[C@@H]2C(=O)N(c3ccc(-c4cc(C(=O)OCC(=O)c5cccs5)c5cc(Br)ccc5n4)cc3)C(=O)[C@H]12. The number of hydrogen-bond donors (Lipinski definition) is 0. The highest BCUT2D eigenvalue weighted by atomic mass is 79.9. The highest BCUT2D eigenvalue weighted by molar-refractivity contribution is 9.10. The van der Waals surface area contributed by atoms with Gasteiger partial charge >= 0.3 is 5.97 Å². The highest BCUT2D eigenvalue weighted by Crippen LogP contribution is 2.40. The number of rotatable bonds is 6. The van der Waals surface area contributed by atoms with Crippen molar-refractivity contribution in [3.63, 3.8) is 0 Å². The first-order chi connectivity index (χ1) is 19.3. The molecule has 1 saturated heterocycles. The van der Waals surface area contributed by atoms with E-state index in [4.69, 9.17) is 9.72 Å². The van der Waals surface area contributed by atoms with Crippen molar-refractivity contribution in [3.05, 3.63) is 93.1 Å². The van der Waals surface area contributed by atoms with Crippen LogP contribution in [-0.2, 0) is 14.3 Å². The number of amides is 2. The van der Waals surface area contributed by atoms with Gasteiger partial charge in [0.25, 0.3) is 0 Å². The third-order valence-corrected chi connectivity index (χ3v) is 8.82. The number of ether oxygens (including phenoxy) is 1. The van der Waals surface area contributed by atoms with Gasteiger partial charge in [-0.2, -0.15) is 0 Å². The van der Waals surface area contributed by atoms with Crippen LogP contribution in [0.3, 0.4) is 0 Å². The van der Waals surface area contributed by atoms with E-state index < -0.39 is 5.97 Å². The third-order valence-electron chi connectivity index (χ3n) is 7.41. The van der Waals surface area contributed by atoms with E-state index in [1.54, 1.807) is 60.0 Å². The number of halogens is 1. The summed E-state index contributed by atoms with van der Waals surface area (Å²) in [5.74, 6) is -1.89. The summed E-state index contributed by atoms with van der Waals surface area (Å²) in [6.45, 7) is 1.60. The summed E-state index contributed by atoms with van der Waals surface area (Å²) in [6.07, 6.45) is 4.56.